The van der Waals surface area contributed by atoms with Crippen molar-refractivity contribution in [2.45, 2.75) is 39.5 Å². The average molecular weight is 287 g/mol. The first-order valence-electron chi connectivity index (χ1n) is 7.34. The number of nitrogens with one attached hydrogen (secondary N) is 1. The molecule has 0 unspecified atom stereocenters. The number of oxazole rings is 1. The number of hydrogen-bond donors (Lipinski definition) is 1. The van der Waals surface area contributed by atoms with Crippen LogP contribution in [0.1, 0.15) is 37.6 Å². The quantitative estimate of drug-likeness (QED) is 0.795. The number of aryl methyl sites for hydroxylation is 1. The highest BCUT2D eigenvalue weighted by atomic mass is 16.4. The summed E-state index contributed by atoms with van der Waals surface area (Å²) in [6.07, 6.45) is 6.94. The molecule has 0 aliphatic rings. The van der Waals surface area contributed by atoms with E-state index in [1.165, 1.54) is 0 Å². The largest absolute Gasteiger partial charge is 0.441 e. The lowest BCUT2D eigenvalue weighted by molar-refractivity contribution is -0.120. The van der Waals surface area contributed by atoms with E-state index >= 15 is 0 Å². The zero-order valence-electron chi connectivity index (χ0n) is 12.6. The molecule has 0 saturated carbocycles. The minimum Gasteiger partial charge on any atom is -0.441 e. The number of unbranched alkanes of at least 4 members (excludes halogenated alkanes) is 2. The topological polar surface area (TPSA) is 68.0 Å². The van der Waals surface area contributed by atoms with Gasteiger partial charge in [0.25, 0.3) is 0 Å². The molecule has 0 bridgehead atoms. The highest BCUT2D eigenvalue weighted by Gasteiger charge is 2.14. The molecule has 112 valence electrons. The molecule has 2 aromatic rings. The van der Waals surface area contributed by atoms with Gasteiger partial charge in [0.1, 0.15) is 5.76 Å². The summed E-state index contributed by atoms with van der Waals surface area (Å²) in [6.45, 7) is 4.69. The van der Waals surface area contributed by atoms with Crippen LogP contribution in [0.5, 0.6) is 0 Å². The van der Waals surface area contributed by atoms with Gasteiger partial charge in [-0.1, -0.05) is 19.8 Å². The Morgan fingerprint density at radius 1 is 1.38 bits per heavy atom. The van der Waals surface area contributed by atoms with Crippen LogP contribution in [-0.4, -0.2) is 22.4 Å². The fourth-order valence-corrected chi connectivity index (χ4v) is 2.02. The molecule has 0 fully saturated rings. The normalized spacial score (nSPS) is 10.6. The first kappa shape index (κ1) is 15.2. The summed E-state index contributed by atoms with van der Waals surface area (Å²) in [6, 6.07) is 3.71. The molecule has 0 aliphatic heterocycles. The van der Waals surface area contributed by atoms with Crippen molar-refractivity contribution in [3.63, 3.8) is 0 Å². The van der Waals surface area contributed by atoms with Gasteiger partial charge in [-0.2, -0.15) is 0 Å². The van der Waals surface area contributed by atoms with E-state index in [1.807, 2.05) is 19.1 Å². The first-order valence-corrected chi connectivity index (χ1v) is 7.34. The molecular formula is C16H21N3O2. The van der Waals surface area contributed by atoms with E-state index in [1.54, 1.807) is 12.4 Å². The lowest BCUT2D eigenvalue weighted by Crippen LogP contribution is -2.26. The third kappa shape index (κ3) is 4.41. The van der Waals surface area contributed by atoms with Crippen LogP contribution in [0.2, 0.25) is 0 Å². The Balaban J connectivity index is 1.95. The second-order valence-electron chi connectivity index (χ2n) is 5.00. The second-order valence-corrected chi connectivity index (χ2v) is 5.00. The van der Waals surface area contributed by atoms with Crippen LogP contribution >= 0.6 is 0 Å². The maximum absolute atomic E-state index is 11.9. The molecule has 2 heterocycles. The summed E-state index contributed by atoms with van der Waals surface area (Å²) in [5.74, 6) is 1.17. The number of carbonyl (C=O) groups is 1. The molecule has 2 aromatic heterocycles. The van der Waals surface area contributed by atoms with Crippen LogP contribution in [0.15, 0.2) is 28.9 Å². The van der Waals surface area contributed by atoms with Crippen LogP contribution in [0, 0.1) is 6.92 Å². The number of hydrogen-bond acceptors (Lipinski definition) is 4. The van der Waals surface area contributed by atoms with Gasteiger partial charge in [-0.05, 0) is 25.5 Å². The number of amides is 1. The van der Waals surface area contributed by atoms with Crippen molar-refractivity contribution in [3.8, 4) is 11.5 Å². The van der Waals surface area contributed by atoms with E-state index in [0.29, 0.717) is 17.3 Å². The van der Waals surface area contributed by atoms with Crippen LogP contribution in [-0.2, 0) is 11.2 Å². The summed E-state index contributed by atoms with van der Waals surface area (Å²) < 4.78 is 5.61. The summed E-state index contributed by atoms with van der Waals surface area (Å²) >= 11 is 0. The van der Waals surface area contributed by atoms with E-state index in [4.69, 9.17) is 4.42 Å². The monoisotopic (exact) mass is 287 g/mol. The second kappa shape index (κ2) is 7.57. The molecule has 0 saturated heterocycles. The Hall–Kier alpha value is -2.17. The van der Waals surface area contributed by atoms with Crippen LogP contribution < -0.4 is 5.32 Å². The number of nitrogens with zero attached hydrogens (tertiary/aromatic N) is 2. The van der Waals surface area contributed by atoms with Crippen molar-refractivity contribution in [3.05, 3.63) is 36.0 Å². The summed E-state index contributed by atoms with van der Waals surface area (Å²) in [4.78, 5) is 20.3. The molecule has 0 radical (unpaired) electrons. The van der Waals surface area contributed by atoms with Crippen molar-refractivity contribution in [2.75, 3.05) is 6.54 Å². The zero-order chi connectivity index (χ0) is 15.1. The first-order chi connectivity index (χ1) is 10.2. The minimum atomic E-state index is -0.0137. The Kier molecular flexibility index (Phi) is 5.49. The lowest BCUT2D eigenvalue weighted by Gasteiger charge is -2.03. The zero-order valence-corrected chi connectivity index (χ0v) is 12.6. The fourth-order valence-electron chi connectivity index (χ4n) is 2.02. The van der Waals surface area contributed by atoms with Crippen molar-refractivity contribution >= 4 is 5.91 Å². The predicted molar refractivity (Wildman–Crippen MR) is 80.7 cm³/mol. The van der Waals surface area contributed by atoms with Crippen LogP contribution in [0.25, 0.3) is 11.5 Å². The maximum Gasteiger partial charge on any atom is 0.228 e. The maximum atomic E-state index is 11.9. The van der Waals surface area contributed by atoms with Crippen molar-refractivity contribution in [1.29, 1.82) is 0 Å². The molecule has 0 atom stereocenters. The van der Waals surface area contributed by atoms with Gasteiger partial charge in [-0.15, -0.1) is 0 Å². The van der Waals surface area contributed by atoms with E-state index in [0.717, 1.165) is 31.4 Å². The average Bonchev–Trinajstić information content (AvgIpc) is 2.86. The van der Waals surface area contributed by atoms with Gasteiger partial charge in [0.05, 0.1) is 17.7 Å². The fraction of sp³-hybridized carbons (Fsp3) is 0.438. The number of pyridine rings is 1. The van der Waals surface area contributed by atoms with Crippen molar-refractivity contribution in [1.82, 2.24) is 15.3 Å². The minimum absolute atomic E-state index is 0.0137. The van der Waals surface area contributed by atoms with E-state index < -0.39 is 0 Å². The van der Waals surface area contributed by atoms with Gasteiger partial charge in [-0.3, -0.25) is 9.78 Å². The lowest BCUT2D eigenvalue weighted by atomic mass is 10.2. The molecule has 0 spiro atoms. The molecule has 1 N–H and O–H groups in total. The summed E-state index contributed by atoms with van der Waals surface area (Å²) in [7, 11) is 0. The van der Waals surface area contributed by atoms with Gasteiger partial charge in [0, 0.05) is 18.9 Å². The predicted octanol–water partition coefficient (Wildman–Crippen LogP) is 2.89. The van der Waals surface area contributed by atoms with Crippen molar-refractivity contribution in [2.24, 2.45) is 0 Å². The number of aromatic nitrogens is 2. The Morgan fingerprint density at radius 2 is 2.24 bits per heavy atom. The molecule has 2 rings (SSSR count). The Labute approximate surface area is 124 Å². The molecule has 1 amide bonds. The third-order valence-corrected chi connectivity index (χ3v) is 3.23. The molecule has 0 aliphatic carbocycles. The smallest absolute Gasteiger partial charge is 0.228 e. The van der Waals surface area contributed by atoms with E-state index in [2.05, 4.69) is 22.2 Å². The van der Waals surface area contributed by atoms with Crippen LogP contribution in [0.3, 0.4) is 0 Å². The Bertz CT molecular complexity index is 578. The molecule has 21 heavy (non-hydrogen) atoms. The van der Waals surface area contributed by atoms with Gasteiger partial charge < -0.3 is 9.73 Å². The number of rotatable bonds is 7. The Morgan fingerprint density at radius 3 is 2.95 bits per heavy atom. The molecule has 0 aromatic carbocycles. The molecule has 5 nitrogen and oxygen atoms in total. The highest BCUT2D eigenvalue weighted by molar-refractivity contribution is 5.78. The molecule has 5 heteroatoms. The van der Waals surface area contributed by atoms with Gasteiger partial charge in [0.2, 0.25) is 11.8 Å². The summed E-state index contributed by atoms with van der Waals surface area (Å²) in [5.41, 5.74) is 1.50. The van der Waals surface area contributed by atoms with Gasteiger partial charge in [-0.25, -0.2) is 4.98 Å². The molecular weight excluding hydrogens is 266 g/mol. The van der Waals surface area contributed by atoms with Crippen molar-refractivity contribution < 1.29 is 9.21 Å². The highest BCUT2D eigenvalue weighted by Crippen LogP contribution is 2.20. The third-order valence-electron chi connectivity index (χ3n) is 3.23. The van der Waals surface area contributed by atoms with Gasteiger partial charge in [0.15, 0.2) is 0 Å². The van der Waals surface area contributed by atoms with E-state index in [-0.39, 0.29) is 12.3 Å². The van der Waals surface area contributed by atoms with E-state index in [9.17, 15) is 4.79 Å². The standard InChI is InChI=1S/C16H21N3O2/c1-3-4-5-9-18-15(20)10-14-12(2)21-16(19-14)13-7-6-8-17-11-13/h6-8,11H,3-5,9-10H2,1-2H3,(H,18,20). The van der Waals surface area contributed by atoms with Gasteiger partial charge >= 0.3 is 0 Å². The number of carbonyl (C=O) groups excluding carboxylic acids is 1. The SMILES string of the molecule is CCCCCNC(=O)Cc1nc(-c2cccnc2)oc1C. The summed E-state index contributed by atoms with van der Waals surface area (Å²) in [5, 5.41) is 2.91. The van der Waals surface area contributed by atoms with Crippen LogP contribution in [0.4, 0.5) is 0 Å².